The van der Waals surface area contributed by atoms with Crippen molar-refractivity contribution in [1.29, 1.82) is 0 Å². The minimum Gasteiger partial charge on any atom is -0.392 e. The van der Waals surface area contributed by atoms with Crippen LogP contribution >= 0.6 is 24.0 Å². The second-order valence-electron chi connectivity index (χ2n) is 8.56. The first-order chi connectivity index (χ1) is 12.0. The van der Waals surface area contributed by atoms with E-state index in [-0.39, 0.29) is 46.8 Å². The van der Waals surface area contributed by atoms with Crippen LogP contribution in [0.25, 0.3) is 0 Å². The maximum atomic E-state index is 11.7. The topological polar surface area (TPSA) is 77.0 Å². The van der Waals surface area contributed by atoms with E-state index >= 15 is 0 Å². The Kier molecular flexibility index (Phi) is 7.59. The van der Waals surface area contributed by atoms with Crippen molar-refractivity contribution in [2.24, 2.45) is 15.8 Å². The Morgan fingerprint density at radius 3 is 2.85 bits per heavy atom. The molecule has 26 heavy (non-hydrogen) atoms. The molecule has 2 aliphatic heterocycles. The summed E-state index contributed by atoms with van der Waals surface area (Å²) in [5.74, 6) is 1.13. The Morgan fingerprint density at radius 2 is 2.19 bits per heavy atom. The standard InChI is InChI=1S/C19H34N4O2.HI/c1-3-20-17(22-12-18(2)8-5-4-7-15(18)24)23-10-6-9-19(14-23)11-16(25)21-13-19;/h15,24H,3-14H2,1-2H3,(H,20,22)(H,21,25);1H. The highest BCUT2D eigenvalue weighted by atomic mass is 127. The first-order valence-corrected chi connectivity index (χ1v) is 9.94. The van der Waals surface area contributed by atoms with E-state index in [1.54, 1.807) is 0 Å². The molecule has 1 amide bonds. The number of hydrogen-bond acceptors (Lipinski definition) is 3. The molecule has 2 heterocycles. The number of aliphatic hydroxyl groups excluding tert-OH is 1. The van der Waals surface area contributed by atoms with Crippen LogP contribution in [0.15, 0.2) is 4.99 Å². The normalized spacial score (nSPS) is 35.2. The molecule has 3 fully saturated rings. The van der Waals surface area contributed by atoms with Crippen molar-refractivity contribution in [3.63, 3.8) is 0 Å². The third kappa shape index (κ3) is 4.82. The molecule has 3 unspecified atom stereocenters. The van der Waals surface area contributed by atoms with Crippen molar-refractivity contribution < 1.29 is 9.90 Å². The van der Waals surface area contributed by atoms with Gasteiger partial charge in [-0.25, -0.2) is 0 Å². The average molecular weight is 478 g/mol. The van der Waals surface area contributed by atoms with Crippen molar-refractivity contribution in [3.05, 3.63) is 0 Å². The van der Waals surface area contributed by atoms with E-state index in [4.69, 9.17) is 4.99 Å². The van der Waals surface area contributed by atoms with Crippen LogP contribution < -0.4 is 10.6 Å². The van der Waals surface area contributed by atoms with Crippen molar-refractivity contribution in [1.82, 2.24) is 15.5 Å². The molecule has 2 saturated heterocycles. The van der Waals surface area contributed by atoms with Crippen LogP contribution in [0.2, 0.25) is 0 Å². The maximum absolute atomic E-state index is 11.7. The van der Waals surface area contributed by atoms with Gasteiger partial charge >= 0.3 is 0 Å². The molecule has 0 aromatic heterocycles. The van der Waals surface area contributed by atoms with E-state index in [2.05, 4.69) is 29.4 Å². The Bertz CT molecular complexity index is 530. The van der Waals surface area contributed by atoms with Gasteiger partial charge in [0.25, 0.3) is 0 Å². The number of nitrogens with one attached hydrogen (secondary N) is 2. The van der Waals surface area contributed by atoms with Gasteiger partial charge in [0.2, 0.25) is 5.91 Å². The lowest BCUT2D eigenvalue weighted by Crippen LogP contribution is -2.51. The lowest BCUT2D eigenvalue weighted by molar-refractivity contribution is -0.119. The predicted molar refractivity (Wildman–Crippen MR) is 115 cm³/mol. The third-order valence-electron chi connectivity index (χ3n) is 6.36. The fraction of sp³-hybridized carbons (Fsp3) is 0.895. The zero-order valence-electron chi connectivity index (χ0n) is 16.2. The van der Waals surface area contributed by atoms with E-state index < -0.39 is 0 Å². The van der Waals surface area contributed by atoms with E-state index in [0.29, 0.717) is 13.0 Å². The molecule has 1 saturated carbocycles. The number of aliphatic hydroxyl groups is 1. The largest absolute Gasteiger partial charge is 0.392 e. The summed E-state index contributed by atoms with van der Waals surface area (Å²) in [6, 6.07) is 0. The highest BCUT2D eigenvalue weighted by molar-refractivity contribution is 14.0. The smallest absolute Gasteiger partial charge is 0.220 e. The second-order valence-corrected chi connectivity index (χ2v) is 8.56. The number of piperidine rings is 1. The molecule has 1 aliphatic carbocycles. The molecule has 3 rings (SSSR count). The van der Waals surface area contributed by atoms with Gasteiger partial charge in [-0.2, -0.15) is 0 Å². The average Bonchev–Trinajstić information content (AvgIpc) is 2.94. The van der Waals surface area contributed by atoms with Gasteiger partial charge in [-0.3, -0.25) is 9.79 Å². The number of rotatable bonds is 3. The highest BCUT2D eigenvalue weighted by Crippen LogP contribution is 2.38. The number of likely N-dealkylation sites (tertiary alicyclic amines) is 1. The summed E-state index contributed by atoms with van der Waals surface area (Å²) in [7, 11) is 0. The Hall–Kier alpha value is -0.570. The fourth-order valence-corrected chi connectivity index (χ4v) is 4.68. The molecule has 0 radical (unpaired) electrons. The Balaban J connectivity index is 0.00000243. The SMILES string of the molecule is CCNC(=NCC1(C)CCCCC1O)N1CCCC2(CNC(=O)C2)C1.I. The fourth-order valence-electron chi connectivity index (χ4n) is 4.68. The van der Waals surface area contributed by atoms with Crippen LogP contribution in [0, 0.1) is 10.8 Å². The number of hydrogen-bond donors (Lipinski definition) is 3. The molecule has 150 valence electrons. The van der Waals surface area contributed by atoms with E-state index in [9.17, 15) is 9.90 Å². The maximum Gasteiger partial charge on any atom is 0.220 e. The van der Waals surface area contributed by atoms with Crippen LogP contribution in [0.3, 0.4) is 0 Å². The second kappa shape index (κ2) is 9.08. The molecule has 7 heteroatoms. The first kappa shape index (κ1) is 21.7. The van der Waals surface area contributed by atoms with Crippen molar-refractivity contribution in [2.45, 2.75) is 64.9 Å². The van der Waals surface area contributed by atoms with Crippen LogP contribution in [-0.2, 0) is 4.79 Å². The minimum atomic E-state index is -0.253. The van der Waals surface area contributed by atoms with Gasteiger partial charge in [-0.15, -0.1) is 24.0 Å². The number of amides is 1. The van der Waals surface area contributed by atoms with Crippen LogP contribution in [0.5, 0.6) is 0 Å². The summed E-state index contributed by atoms with van der Waals surface area (Å²) >= 11 is 0. The molecule has 0 aromatic rings. The summed E-state index contributed by atoms with van der Waals surface area (Å²) in [6.07, 6.45) is 6.83. The zero-order chi connectivity index (χ0) is 17.9. The van der Waals surface area contributed by atoms with Crippen molar-refractivity contribution >= 4 is 35.8 Å². The van der Waals surface area contributed by atoms with Crippen LogP contribution in [0.1, 0.15) is 58.8 Å². The summed E-state index contributed by atoms with van der Waals surface area (Å²) in [6.45, 7) is 8.42. The van der Waals surface area contributed by atoms with Gasteiger partial charge < -0.3 is 20.6 Å². The predicted octanol–water partition coefficient (Wildman–Crippen LogP) is 2.11. The lowest BCUT2D eigenvalue weighted by atomic mass is 9.73. The van der Waals surface area contributed by atoms with E-state index in [1.807, 2.05) is 0 Å². The van der Waals surface area contributed by atoms with Gasteiger partial charge in [0.15, 0.2) is 5.96 Å². The summed E-state index contributed by atoms with van der Waals surface area (Å²) in [5, 5.41) is 16.9. The summed E-state index contributed by atoms with van der Waals surface area (Å²) in [4.78, 5) is 19.0. The number of carbonyl (C=O) groups excluding carboxylic acids is 1. The molecule has 3 atom stereocenters. The molecule has 1 spiro atoms. The zero-order valence-corrected chi connectivity index (χ0v) is 18.6. The van der Waals surface area contributed by atoms with Gasteiger partial charge in [0.05, 0.1) is 12.6 Å². The van der Waals surface area contributed by atoms with Gasteiger partial charge in [-0.1, -0.05) is 19.8 Å². The first-order valence-electron chi connectivity index (χ1n) is 9.94. The Labute approximate surface area is 174 Å². The molecular formula is C19H35IN4O2. The van der Waals surface area contributed by atoms with Crippen molar-refractivity contribution in [2.75, 3.05) is 32.7 Å². The molecular weight excluding hydrogens is 443 g/mol. The van der Waals surface area contributed by atoms with Gasteiger partial charge in [0.1, 0.15) is 0 Å². The number of aliphatic imine (C=N–C) groups is 1. The third-order valence-corrected chi connectivity index (χ3v) is 6.36. The lowest BCUT2D eigenvalue weighted by Gasteiger charge is -2.41. The summed E-state index contributed by atoms with van der Waals surface area (Å²) in [5.41, 5.74) is -0.0446. The van der Waals surface area contributed by atoms with Gasteiger partial charge in [-0.05, 0) is 32.6 Å². The van der Waals surface area contributed by atoms with Crippen LogP contribution in [0.4, 0.5) is 0 Å². The van der Waals surface area contributed by atoms with Crippen molar-refractivity contribution in [3.8, 4) is 0 Å². The van der Waals surface area contributed by atoms with E-state index in [1.165, 1.54) is 6.42 Å². The minimum absolute atomic E-state index is 0. The molecule has 6 nitrogen and oxygen atoms in total. The Morgan fingerprint density at radius 1 is 1.38 bits per heavy atom. The quantitative estimate of drug-likeness (QED) is 0.330. The number of nitrogens with zero attached hydrogens (tertiary/aromatic N) is 2. The number of carbonyl (C=O) groups is 1. The van der Waals surface area contributed by atoms with Gasteiger partial charge in [0, 0.05) is 43.4 Å². The highest BCUT2D eigenvalue weighted by Gasteiger charge is 2.42. The monoisotopic (exact) mass is 478 g/mol. The number of guanidine groups is 1. The molecule has 3 aliphatic rings. The van der Waals surface area contributed by atoms with E-state index in [0.717, 1.165) is 64.2 Å². The summed E-state index contributed by atoms with van der Waals surface area (Å²) < 4.78 is 0. The molecule has 3 N–H and O–H groups in total. The molecule has 0 aromatic carbocycles. The number of halogens is 1. The molecule has 0 bridgehead atoms. The van der Waals surface area contributed by atoms with Crippen LogP contribution in [-0.4, -0.2) is 60.7 Å².